The Morgan fingerprint density at radius 2 is 2.06 bits per heavy atom. The molecular formula is C13H27N3O. The predicted molar refractivity (Wildman–Crippen MR) is 71.0 cm³/mol. The highest BCUT2D eigenvalue weighted by Crippen LogP contribution is 2.18. The number of piperidine rings is 1. The van der Waals surface area contributed by atoms with Crippen molar-refractivity contribution >= 4 is 5.91 Å². The first-order valence-electron chi connectivity index (χ1n) is 6.57. The van der Waals surface area contributed by atoms with Crippen molar-refractivity contribution in [3.05, 3.63) is 0 Å². The average molecular weight is 241 g/mol. The lowest BCUT2D eigenvalue weighted by Crippen LogP contribution is -2.50. The van der Waals surface area contributed by atoms with Gasteiger partial charge in [0, 0.05) is 26.7 Å². The third-order valence-corrected chi connectivity index (χ3v) is 3.69. The summed E-state index contributed by atoms with van der Waals surface area (Å²) < 4.78 is 0. The number of hydrogen-bond acceptors (Lipinski definition) is 3. The standard InChI is InChI=1S/C13H27N3O/c1-10(12-7-6-8-16(5)9-12)14-11(2)13(17)15(3)4/h10-12,14H,6-9H2,1-5H3. The summed E-state index contributed by atoms with van der Waals surface area (Å²) in [7, 11) is 5.78. The third-order valence-electron chi connectivity index (χ3n) is 3.69. The maximum absolute atomic E-state index is 11.8. The van der Waals surface area contributed by atoms with Gasteiger partial charge in [-0.2, -0.15) is 0 Å². The molecular weight excluding hydrogens is 214 g/mol. The highest BCUT2D eigenvalue weighted by molar-refractivity contribution is 5.80. The lowest BCUT2D eigenvalue weighted by Gasteiger charge is -2.35. The predicted octanol–water partition coefficient (Wildman–Crippen LogP) is 0.783. The van der Waals surface area contributed by atoms with Crippen LogP contribution >= 0.6 is 0 Å². The van der Waals surface area contributed by atoms with Crippen LogP contribution in [0.5, 0.6) is 0 Å². The summed E-state index contributed by atoms with van der Waals surface area (Å²) in [5.74, 6) is 0.812. The topological polar surface area (TPSA) is 35.6 Å². The number of rotatable bonds is 4. The van der Waals surface area contributed by atoms with Gasteiger partial charge in [0.15, 0.2) is 0 Å². The highest BCUT2D eigenvalue weighted by Gasteiger charge is 2.25. The zero-order valence-electron chi connectivity index (χ0n) is 11.9. The first-order valence-corrected chi connectivity index (χ1v) is 6.57. The summed E-state index contributed by atoms with van der Waals surface area (Å²) in [5.41, 5.74) is 0. The van der Waals surface area contributed by atoms with Crippen LogP contribution in [0.1, 0.15) is 26.7 Å². The summed E-state index contributed by atoms with van der Waals surface area (Å²) in [4.78, 5) is 15.8. The molecule has 3 atom stereocenters. The number of amides is 1. The number of nitrogens with zero attached hydrogens (tertiary/aromatic N) is 2. The van der Waals surface area contributed by atoms with E-state index in [2.05, 4.69) is 24.2 Å². The third kappa shape index (κ3) is 4.28. The molecule has 0 aromatic rings. The van der Waals surface area contributed by atoms with E-state index in [9.17, 15) is 4.79 Å². The normalized spacial score (nSPS) is 25.4. The van der Waals surface area contributed by atoms with E-state index in [0.29, 0.717) is 12.0 Å². The maximum atomic E-state index is 11.8. The van der Waals surface area contributed by atoms with Crippen molar-refractivity contribution in [1.29, 1.82) is 0 Å². The largest absolute Gasteiger partial charge is 0.347 e. The Balaban J connectivity index is 2.42. The molecule has 4 heteroatoms. The molecule has 1 aliphatic heterocycles. The average Bonchev–Trinajstić information content (AvgIpc) is 2.27. The minimum absolute atomic E-state index is 0.0905. The van der Waals surface area contributed by atoms with Gasteiger partial charge in [-0.05, 0) is 46.2 Å². The lowest BCUT2D eigenvalue weighted by molar-refractivity contribution is -0.130. The van der Waals surface area contributed by atoms with Crippen molar-refractivity contribution in [2.24, 2.45) is 5.92 Å². The lowest BCUT2D eigenvalue weighted by atomic mass is 9.91. The Labute approximate surface area is 105 Å². The molecule has 17 heavy (non-hydrogen) atoms. The Bertz CT molecular complexity index is 255. The van der Waals surface area contributed by atoms with Crippen LogP contribution in [-0.4, -0.2) is 62.0 Å². The molecule has 100 valence electrons. The van der Waals surface area contributed by atoms with Crippen LogP contribution in [0.2, 0.25) is 0 Å². The number of nitrogens with one attached hydrogen (secondary N) is 1. The molecule has 1 saturated heterocycles. The van der Waals surface area contributed by atoms with Crippen molar-refractivity contribution < 1.29 is 4.79 Å². The summed E-state index contributed by atoms with van der Waals surface area (Å²) >= 11 is 0. The minimum atomic E-state index is -0.0905. The summed E-state index contributed by atoms with van der Waals surface area (Å²) in [6.07, 6.45) is 2.53. The van der Waals surface area contributed by atoms with Crippen LogP contribution in [0.3, 0.4) is 0 Å². The Morgan fingerprint density at radius 1 is 1.41 bits per heavy atom. The van der Waals surface area contributed by atoms with Crippen LogP contribution < -0.4 is 5.32 Å². The highest BCUT2D eigenvalue weighted by atomic mass is 16.2. The van der Waals surface area contributed by atoms with Gasteiger partial charge in [-0.1, -0.05) is 0 Å². The van der Waals surface area contributed by atoms with Crippen molar-refractivity contribution in [3.8, 4) is 0 Å². The van der Waals surface area contributed by atoms with Crippen LogP contribution in [0, 0.1) is 5.92 Å². The molecule has 0 aliphatic carbocycles. The van der Waals surface area contributed by atoms with E-state index in [1.54, 1.807) is 19.0 Å². The molecule has 1 rings (SSSR count). The molecule has 0 bridgehead atoms. The summed E-state index contributed by atoms with van der Waals surface area (Å²) in [6.45, 7) is 6.49. The van der Waals surface area contributed by atoms with E-state index in [1.807, 2.05) is 6.92 Å². The van der Waals surface area contributed by atoms with Crippen LogP contribution in [0.4, 0.5) is 0 Å². The van der Waals surface area contributed by atoms with Gasteiger partial charge in [0.2, 0.25) is 5.91 Å². The molecule has 1 aliphatic rings. The van der Waals surface area contributed by atoms with E-state index < -0.39 is 0 Å². The zero-order chi connectivity index (χ0) is 13.0. The molecule has 1 fully saturated rings. The fourth-order valence-electron chi connectivity index (χ4n) is 2.60. The van der Waals surface area contributed by atoms with Crippen molar-refractivity contribution in [2.45, 2.75) is 38.8 Å². The van der Waals surface area contributed by atoms with E-state index in [-0.39, 0.29) is 11.9 Å². The van der Waals surface area contributed by atoms with Gasteiger partial charge < -0.3 is 15.1 Å². The molecule has 0 saturated carbocycles. The van der Waals surface area contributed by atoms with Gasteiger partial charge >= 0.3 is 0 Å². The second-order valence-electron chi connectivity index (χ2n) is 5.57. The van der Waals surface area contributed by atoms with E-state index in [0.717, 1.165) is 6.54 Å². The fourth-order valence-corrected chi connectivity index (χ4v) is 2.60. The number of carbonyl (C=O) groups excluding carboxylic acids is 1. The van der Waals surface area contributed by atoms with Crippen LogP contribution in [0.25, 0.3) is 0 Å². The quantitative estimate of drug-likeness (QED) is 0.790. The Kier molecular flexibility index (Phi) is 5.40. The van der Waals surface area contributed by atoms with Gasteiger partial charge in [-0.15, -0.1) is 0 Å². The van der Waals surface area contributed by atoms with Gasteiger partial charge in [-0.3, -0.25) is 4.79 Å². The number of hydrogen-bond donors (Lipinski definition) is 1. The summed E-state index contributed by atoms with van der Waals surface area (Å²) in [5, 5.41) is 3.43. The number of likely N-dealkylation sites (tertiary alicyclic amines) is 1. The van der Waals surface area contributed by atoms with E-state index in [4.69, 9.17) is 0 Å². The fraction of sp³-hybridized carbons (Fsp3) is 0.923. The molecule has 1 N–H and O–H groups in total. The van der Waals surface area contributed by atoms with Gasteiger partial charge in [0.25, 0.3) is 0 Å². The molecule has 1 amide bonds. The van der Waals surface area contributed by atoms with Crippen LogP contribution in [-0.2, 0) is 4.79 Å². The molecule has 4 nitrogen and oxygen atoms in total. The minimum Gasteiger partial charge on any atom is -0.347 e. The molecule has 3 unspecified atom stereocenters. The van der Waals surface area contributed by atoms with Crippen LogP contribution in [0.15, 0.2) is 0 Å². The smallest absolute Gasteiger partial charge is 0.238 e. The van der Waals surface area contributed by atoms with Crippen molar-refractivity contribution in [3.63, 3.8) is 0 Å². The Hall–Kier alpha value is -0.610. The molecule has 1 heterocycles. The van der Waals surface area contributed by atoms with Gasteiger partial charge in [0.05, 0.1) is 6.04 Å². The van der Waals surface area contributed by atoms with Crippen molar-refractivity contribution in [1.82, 2.24) is 15.1 Å². The number of likely N-dealkylation sites (N-methyl/N-ethyl adjacent to an activating group) is 1. The second kappa shape index (κ2) is 6.36. The first-order chi connectivity index (χ1) is 7.91. The molecule has 0 radical (unpaired) electrons. The summed E-state index contributed by atoms with van der Waals surface area (Å²) in [6, 6.07) is 0.309. The van der Waals surface area contributed by atoms with E-state index >= 15 is 0 Å². The first kappa shape index (κ1) is 14.5. The molecule has 0 spiro atoms. The van der Waals surface area contributed by atoms with Gasteiger partial charge in [0.1, 0.15) is 0 Å². The molecule has 0 aromatic heterocycles. The molecule has 0 aromatic carbocycles. The Morgan fingerprint density at radius 3 is 2.59 bits per heavy atom. The van der Waals surface area contributed by atoms with E-state index in [1.165, 1.54) is 19.4 Å². The van der Waals surface area contributed by atoms with Gasteiger partial charge in [-0.25, -0.2) is 0 Å². The number of carbonyl (C=O) groups is 1. The monoisotopic (exact) mass is 241 g/mol. The SMILES string of the molecule is CC(NC(C)C1CCCN(C)C1)C(=O)N(C)C. The second-order valence-corrected chi connectivity index (χ2v) is 5.57. The zero-order valence-corrected chi connectivity index (χ0v) is 11.9. The van der Waals surface area contributed by atoms with Crippen molar-refractivity contribution in [2.75, 3.05) is 34.2 Å². The maximum Gasteiger partial charge on any atom is 0.238 e.